The Morgan fingerprint density at radius 1 is 1.20 bits per heavy atom. The number of nitrogens with one attached hydrogen (secondary N) is 1. The van der Waals surface area contributed by atoms with Crippen molar-refractivity contribution in [2.45, 2.75) is 45.2 Å². The Morgan fingerprint density at radius 2 is 1.97 bits per heavy atom. The fourth-order valence-electron chi connectivity index (χ4n) is 4.05. The molecule has 0 unspecified atom stereocenters. The number of methoxy groups -OCH3 is 2. The Balaban J connectivity index is 1.75. The minimum Gasteiger partial charge on any atom is -0.497 e. The minimum atomic E-state index is -0.399. The summed E-state index contributed by atoms with van der Waals surface area (Å²) in [4.78, 5) is 31.2. The van der Waals surface area contributed by atoms with Crippen LogP contribution in [0.1, 0.15) is 43.7 Å². The smallest absolute Gasteiger partial charge is 0.318 e. The van der Waals surface area contributed by atoms with Crippen molar-refractivity contribution in [1.82, 2.24) is 15.1 Å². The average Bonchev–Trinajstić information content (AvgIpc) is 3.30. The van der Waals surface area contributed by atoms with Crippen LogP contribution in [0.3, 0.4) is 0 Å². The number of urea groups is 1. The van der Waals surface area contributed by atoms with Gasteiger partial charge >= 0.3 is 6.03 Å². The molecule has 2 heterocycles. The quantitative estimate of drug-likeness (QED) is 0.494. The molecule has 1 aliphatic heterocycles. The normalized spacial score (nSPS) is 15.3. The summed E-state index contributed by atoms with van der Waals surface area (Å²) in [5.74, 6) is 1.30. The Morgan fingerprint density at radius 3 is 2.69 bits per heavy atom. The Kier molecular flexibility index (Phi) is 9.40. The van der Waals surface area contributed by atoms with Crippen LogP contribution < -0.4 is 14.8 Å². The highest BCUT2D eigenvalue weighted by molar-refractivity contribution is 7.10. The van der Waals surface area contributed by atoms with Crippen LogP contribution in [-0.2, 0) is 16.0 Å². The number of amides is 3. The van der Waals surface area contributed by atoms with Gasteiger partial charge in [0.2, 0.25) is 5.91 Å². The van der Waals surface area contributed by atoms with Crippen molar-refractivity contribution in [3.8, 4) is 11.5 Å². The first-order chi connectivity index (χ1) is 16.7. The van der Waals surface area contributed by atoms with E-state index in [0.717, 1.165) is 12.0 Å². The summed E-state index contributed by atoms with van der Waals surface area (Å²) in [6.07, 6.45) is 1.45. The lowest BCUT2D eigenvalue weighted by Crippen LogP contribution is -2.53. The number of thiophene rings is 1. The van der Waals surface area contributed by atoms with E-state index in [4.69, 9.17) is 14.2 Å². The first kappa shape index (κ1) is 26.8. The van der Waals surface area contributed by atoms with E-state index < -0.39 is 5.54 Å². The molecule has 0 aliphatic carbocycles. The summed E-state index contributed by atoms with van der Waals surface area (Å²) in [5.41, 5.74) is 0.714. The molecule has 0 spiro atoms. The standard InChI is InChI=1S/C26H37N3O5S/c1-26(2,3)27-25(31)28(12-7-14-32-4)17-24(30)29-13-10-23-21(11-15-35-23)22(29)18-34-20-9-6-8-19(16-20)33-5/h6,8-9,11,15-16,22H,7,10,12-14,17-18H2,1-5H3,(H,27,31)/t22-/m0/s1. The molecular weight excluding hydrogens is 466 g/mol. The van der Waals surface area contributed by atoms with Crippen LogP contribution in [0.25, 0.3) is 0 Å². The zero-order valence-corrected chi connectivity index (χ0v) is 22.2. The molecule has 3 rings (SSSR count). The predicted molar refractivity (Wildman–Crippen MR) is 137 cm³/mol. The molecule has 0 radical (unpaired) electrons. The van der Waals surface area contributed by atoms with Crippen LogP contribution in [0.15, 0.2) is 35.7 Å². The second-order valence-electron chi connectivity index (χ2n) is 9.59. The highest BCUT2D eigenvalue weighted by Crippen LogP contribution is 2.34. The van der Waals surface area contributed by atoms with E-state index in [1.54, 1.807) is 30.5 Å². The molecule has 1 aromatic heterocycles. The third-order valence-corrected chi connectivity index (χ3v) is 6.73. The zero-order valence-electron chi connectivity index (χ0n) is 21.3. The second-order valence-corrected chi connectivity index (χ2v) is 10.6. The lowest BCUT2D eigenvalue weighted by Gasteiger charge is -2.37. The maximum absolute atomic E-state index is 13.6. The van der Waals surface area contributed by atoms with Crippen molar-refractivity contribution in [1.29, 1.82) is 0 Å². The van der Waals surface area contributed by atoms with Gasteiger partial charge in [-0.3, -0.25) is 4.79 Å². The molecule has 0 saturated heterocycles. The third-order valence-electron chi connectivity index (χ3n) is 5.74. The highest BCUT2D eigenvalue weighted by atomic mass is 32.1. The van der Waals surface area contributed by atoms with Gasteiger partial charge < -0.3 is 29.3 Å². The van der Waals surface area contributed by atoms with E-state index in [0.29, 0.717) is 44.2 Å². The summed E-state index contributed by atoms with van der Waals surface area (Å²) in [7, 11) is 3.25. The maximum Gasteiger partial charge on any atom is 0.318 e. The van der Waals surface area contributed by atoms with Crippen LogP contribution >= 0.6 is 11.3 Å². The number of benzene rings is 1. The van der Waals surface area contributed by atoms with E-state index in [9.17, 15) is 9.59 Å². The molecule has 1 aliphatic rings. The molecule has 1 atom stereocenters. The van der Waals surface area contributed by atoms with E-state index in [1.807, 2.05) is 49.9 Å². The number of nitrogens with zero attached hydrogens (tertiary/aromatic N) is 2. The Bertz CT molecular complexity index is 987. The third kappa shape index (κ3) is 7.60. The topological polar surface area (TPSA) is 80.3 Å². The maximum atomic E-state index is 13.6. The molecule has 1 aromatic carbocycles. The van der Waals surface area contributed by atoms with Gasteiger partial charge in [-0.05, 0) is 62.8 Å². The molecular formula is C26H37N3O5S. The van der Waals surface area contributed by atoms with Crippen LogP contribution in [-0.4, -0.2) is 74.3 Å². The number of hydrogen-bond acceptors (Lipinski definition) is 6. The van der Waals surface area contributed by atoms with Gasteiger partial charge in [0.1, 0.15) is 24.7 Å². The van der Waals surface area contributed by atoms with Crippen molar-refractivity contribution < 1.29 is 23.8 Å². The molecule has 3 amide bonds. The van der Waals surface area contributed by atoms with E-state index in [-0.39, 0.29) is 24.5 Å². The Hall–Kier alpha value is -2.78. The van der Waals surface area contributed by atoms with Gasteiger partial charge in [0, 0.05) is 43.3 Å². The predicted octanol–water partition coefficient (Wildman–Crippen LogP) is 4.11. The van der Waals surface area contributed by atoms with Gasteiger partial charge in [0.15, 0.2) is 0 Å². The van der Waals surface area contributed by atoms with E-state index >= 15 is 0 Å². The zero-order chi connectivity index (χ0) is 25.4. The van der Waals surface area contributed by atoms with E-state index in [2.05, 4.69) is 16.8 Å². The van der Waals surface area contributed by atoms with Gasteiger partial charge in [-0.25, -0.2) is 4.79 Å². The highest BCUT2D eigenvalue weighted by Gasteiger charge is 2.34. The Labute approximate surface area is 212 Å². The monoisotopic (exact) mass is 503 g/mol. The van der Waals surface area contributed by atoms with Crippen molar-refractivity contribution >= 4 is 23.3 Å². The van der Waals surface area contributed by atoms with Gasteiger partial charge in [-0.1, -0.05) is 6.07 Å². The summed E-state index contributed by atoms with van der Waals surface area (Å²) >= 11 is 1.71. The van der Waals surface area contributed by atoms with Gasteiger partial charge in [0.25, 0.3) is 0 Å². The molecule has 2 aromatic rings. The number of hydrogen-bond donors (Lipinski definition) is 1. The van der Waals surface area contributed by atoms with E-state index in [1.165, 1.54) is 4.88 Å². The largest absolute Gasteiger partial charge is 0.497 e. The fraction of sp³-hybridized carbons (Fsp3) is 0.538. The summed E-state index contributed by atoms with van der Waals surface area (Å²) in [5, 5.41) is 5.04. The molecule has 0 fully saturated rings. The van der Waals surface area contributed by atoms with Crippen molar-refractivity contribution in [2.24, 2.45) is 0 Å². The molecule has 8 nitrogen and oxygen atoms in total. The number of fused-ring (bicyclic) bond motifs is 1. The van der Waals surface area contributed by atoms with Crippen molar-refractivity contribution in [3.05, 3.63) is 46.2 Å². The molecule has 0 bridgehead atoms. The minimum absolute atomic E-state index is 0.000752. The van der Waals surface area contributed by atoms with Crippen LogP contribution in [0.2, 0.25) is 0 Å². The number of carbonyl (C=O) groups is 2. The van der Waals surface area contributed by atoms with Gasteiger partial charge in [-0.15, -0.1) is 11.3 Å². The molecule has 0 saturated carbocycles. The average molecular weight is 504 g/mol. The molecule has 192 valence electrons. The number of carbonyl (C=O) groups excluding carboxylic acids is 2. The fourth-order valence-corrected chi connectivity index (χ4v) is 4.98. The van der Waals surface area contributed by atoms with Gasteiger partial charge in [-0.2, -0.15) is 0 Å². The lowest BCUT2D eigenvalue weighted by molar-refractivity contribution is -0.135. The molecule has 9 heteroatoms. The SMILES string of the molecule is COCCCN(CC(=O)N1CCc2sccc2[C@@H]1COc1cccc(OC)c1)C(=O)NC(C)(C)C. The summed E-state index contributed by atoms with van der Waals surface area (Å²) in [6, 6.07) is 9.04. The number of rotatable bonds is 10. The lowest BCUT2D eigenvalue weighted by atomic mass is 10.0. The van der Waals surface area contributed by atoms with Crippen LogP contribution in [0.5, 0.6) is 11.5 Å². The van der Waals surface area contributed by atoms with Crippen molar-refractivity contribution in [2.75, 3.05) is 47.1 Å². The summed E-state index contributed by atoms with van der Waals surface area (Å²) < 4.78 is 16.6. The molecule has 1 N–H and O–H groups in total. The first-order valence-corrected chi connectivity index (χ1v) is 12.8. The van der Waals surface area contributed by atoms with Crippen LogP contribution in [0.4, 0.5) is 4.79 Å². The van der Waals surface area contributed by atoms with Crippen LogP contribution in [0, 0.1) is 0 Å². The number of ether oxygens (including phenoxy) is 3. The summed E-state index contributed by atoms with van der Waals surface area (Å²) in [6.45, 7) is 7.64. The first-order valence-electron chi connectivity index (χ1n) is 11.9. The second kappa shape index (κ2) is 12.3. The van der Waals surface area contributed by atoms with Crippen molar-refractivity contribution in [3.63, 3.8) is 0 Å². The van der Waals surface area contributed by atoms with Gasteiger partial charge in [0.05, 0.1) is 13.2 Å². The molecule has 35 heavy (non-hydrogen) atoms.